The quantitative estimate of drug-likeness (QED) is 0.908. The molecular weight excluding hydrogens is 277 g/mol. The second kappa shape index (κ2) is 6.73. The molecule has 0 unspecified atom stereocenters. The van der Waals surface area contributed by atoms with E-state index in [-0.39, 0.29) is 12.4 Å². The molecule has 0 heterocycles. The molecule has 0 saturated heterocycles. The maximum absolute atomic E-state index is 13.7. The van der Waals surface area contributed by atoms with Gasteiger partial charge in [-0.05, 0) is 43.7 Å². The molecule has 106 valence electrons. The van der Waals surface area contributed by atoms with Crippen molar-refractivity contribution in [2.24, 2.45) is 5.73 Å². The fourth-order valence-electron chi connectivity index (χ4n) is 2.02. The first-order valence-electron chi connectivity index (χ1n) is 6.47. The number of nitrogens with two attached hydrogens (primary N) is 1. The molecule has 0 fully saturated rings. The molecule has 2 nitrogen and oxygen atoms in total. The predicted octanol–water partition coefficient (Wildman–Crippen LogP) is 3.87. The van der Waals surface area contributed by atoms with Crippen LogP contribution in [0.25, 0.3) is 0 Å². The Labute approximate surface area is 123 Å². The van der Waals surface area contributed by atoms with Crippen LogP contribution in [-0.2, 0) is 13.0 Å². The van der Waals surface area contributed by atoms with Crippen LogP contribution in [0, 0.1) is 12.7 Å². The lowest BCUT2D eigenvalue weighted by molar-refractivity contribution is 0.297. The molecule has 20 heavy (non-hydrogen) atoms. The van der Waals surface area contributed by atoms with Gasteiger partial charge in [0.2, 0.25) is 0 Å². The maximum Gasteiger partial charge on any atom is 0.131 e. The summed E-state index contributed by atoms with van der Waals surface area (Å²) in [5.41, 5.74) is 8.14. The number of ether oxygens (including phenoxy) is 1. The van der Waals surface area contributed by atoms with Crippen LogP contribution >= 0.6 is 11.6 Å². The van der Waals surface area contributed by atoms with Crippen molar-refractivity contribution in [3.05, 3.63) is 63.9 Å². The van der Waals surface area contributed by atoms with Crippen molar-refractivity contribution >= 4 is 11.6 Å². The summed E-state index contributed by atoms with van der Waals surface area (Å²) >= 11 is 5.98. The summed E-state index contributed by atoms with van der Waals surface area (Å²) in [5.74, 6) is 0.366. The van der Waals surface area contributed by atoms with Gasteiger partial charge in [-0.1, -0.05) is 35.4 Å². The fraction of sp³-hybridized carbons (Fsp3) is 0.250. The van der Waals surface area contributed by atoms with Gasteiger partial charge in [-0.3, -0.25) is 0 Å². The summed E-state index contributed by atoms with van der Waals surface area (Å²) in [5, 5.41) is 0.373. The summed E-state index contributed by atoms with van der Waals surface area (Å²) < 4.78 is 19.4. The minimum atomic E-state index is -0.356. The lowest BCUT2D eigenvalue weighted by atomic mass is 10.1. The summed E-state index contributed by atoms with van der Waals surface area (Å²) in [7, 11) is 0. The van der Waals surface area contributed by atoms with E-state index in [1.807, 2.05) is 25.1 Å². The van der Waals surface area contributed by atoms with Gasteiger partial charge < -0.3 is 10.5 Å². The van der Waals surface area contributed by atoms with Crippen LogP contribution in [0.5, 0.6) is 5.75 Å². The van der Waals surface area contributed by atoms with Gasteiger partial charge in [0.1, 0.15) is 18.2 Å². The van der Waals surface area contributed by atoms with Crippen molar-refractivity contribution in [1.29, 1.82) is 0 Å². The Balaban J connectivity index is 2.18. The number of benzene rings is 2. The van der Waals surface area contributed by atoms with E-state index in [1.54, 1.807) is 12.1 Å². The highest BCUT2D eigenvalue weighted by Crippen LogP contribution is 2.24. The Morgan fingerprint density at radius 3 is 2.75 bits per heavy atom. The number of aryl methyl sites for hydroxylation is 1. The molecule has 0 radical (unpaired) electrons. The van der Waals surface area contributed by atoms with E-state index in [9.17, 15) is 4.39 Å². The Hall–Kier alpha value is -1.58. The molecule has 0 aliphatic carbocycles. The lowest BCUT2D eigenvalue weighted by Crippen LogP contribution is -2.06. The molecular formula is C16H17ClFNO. The standard InChI is InChI=1S/C16H17ClFNO/c1-11-5-6-16(12(9-11)7-8-19)20-10-13-14(17)3-2-4-15(13)18/h2-6,9H,7-8,10,19H2,1H3. The summed E-state index contributed by atoms with van der Waals surface area (Å²) in [6.07, 6.45) is 0.724. The van der Waals surface area contributed by atoms with Crippen LogP contribution in [0.4, 0.5) is 4.39 Å². The van der Waals surface area contributed by atoms with Crippen LogP contribution < -0.4 is 10.5 Å². The third-order valence-electron chi connectivity index (χ3n) is 3.06. The second-order valence-electron chi connectivity index (χ2n) is 4.64. The molecule has 0 spiro atoms. The Morgan fingerprint density at radius 2 is 2.05 bits per heavy atom. The van der Waals surface area contributed by atoms with Gasteiger partial charge in [-0.15, -0.1) is 0 Å². The van der Waals surface area contributed by atoms with Gasteiger partial charge in [-0.2, -0.15) is 0 Å². The van der Waals surface area contributed by atoms with Crippen LogP contribution in [0.1, 0.15) is 16.7 Å². The van der Waals surface area contributed by atoms with Crippen LogP contribution in [0.2, 0.25) is 5.02 Å². The largest absolute Gasteiger partial charge is 0.488 e. The maximum atomic E-state index is 13.7. The lowest BCUT2D eigenvalue weighted by Gasteiger charge is -2.13. The van der Waals surface area contributed by atoms with E-state index in [0.717, 1.165) is 23.3 Å². The van der Waals surface area contributed by atoms with Crippen molar-refractivity contribution in [2.75, 3.05) is 6.54 Å². The number of halogens is 2. The third kappa shape index (κ3) is 3.50. The average Bonchev–Trinajstić information content (AvgIpc) is 2.40. The van der Waals surface area contributed by atoms with E-state index in [4.69, 9.17) is 22.1 Å². The van der Waals surface area contributed by atoms with Crippen LogP contribution in [0.3, 0.4) is 0 Å². The summed E-state index contributed by atoms with van der Waals surface area (Å²) in [6, 6.07) is 10.5. The van der Waals surface area contributed by atoms with Gasteiger partial charge in [-0.25, -0.2) is 4.39 Å². The molecule has 0 bridgehead atoms. The highest BCUT2D eigenvalue weighted by molar-refractivity contribution is 6.31. The van der Waals surface area contributed by atoms with E-state index < -0.39 is 0 Å². The minimum Gasteiger partial charge on any atom is -0.488 e. The number of rotatable bonds is 5. The average molecular weight is 294 g/mol. The molecule has 2 aromatic carbocycles. The van der Waals surface area contributed by atoms with Crippen molar-refractivity contribution in [1.82, 2.24) is 0 Å². The van der Waals surface area contributed by atoms with Crippen LogP contribution in [-0.4, -0.2) is 6.54 Å². The molecule has 4 heteroatoms. The molecule has 0 aromatic heterocycles. The zero-order valence-corrected chi connectivity index (χ0v) is 12.1. The summed E-state index contributed by atoms with van der Waals surface area (Å²) in [6.45, 7) is 2.66. The second-order valence-corrected chi connectivity index (χ2v) is 5.05. The molecule has 2 aromatic rings. The molecule has 0 aliphatic rings. The molecule has 0 amide bonds. The molecule has 0 aliphatic heterocycles. The van der Waals surface area contributed by atoms with E-state index in [0.29, 0.717) is 17.1 Å². The number of hydrogen-bond donors (Lipinski definition) is 1. The topological polar surface area (TPSA) is 35.2 Å². The normalized spacial score (nSPS) is 10.6. The first-order chi connectivity index (χ1) is 9.61. The highest BCUT2D eigenvalue weighted by atomic mass is 35.5. The van der Waals surface area contributed by atoms with Crippen molar-refractivity contribution < 1.29 is 9.13 Å². The Bertz CT molecular complexity index is 581. The van der Waals surface area contributed by atoms with Crippen LogP contribution in [0.15, 0.2) is 36.4 Å². The fourth-order valence-corrected chi connectivity index (χ4v) is 2.24. The highest BCUT2D eigenvalue weighted by Gasteiger charge is 2.09. The Morgan fingerprint density at radius 1 is 1.25 bits per heavy atom. The predicted molar refractivity (Wildman–Crippen MR) is 79.7 cm³/mol. The third-order valence-corrected chi connectivity index (χ3v) is 3.42. The molecule has 2 rings (SSSR count). The minimum absolute atomic E-state index is 0.103. The van der Waals surface area contributed by atoms with Crippen molar-refractivity contribution in [2.45, 2.75) is 20.0 Å². The first-order valence-corrected chi connectivity index (χ1v) is 6.85. The first kappa shape index (κ1) is 14.8. The zero-order chi connectivity index (χ0) is 14.5. The number of hydrogen-bond acceptors (Lipinski definition) is 2. The van der Waals surface area contributed by atoms with E-state index >= 15 is 0 Å². The summed E-state index contributed by atoms with van der Waals surface area (Å²) in [4.78, 5) is 0. The van der Waals surface area contributed by atoms with Gasteiger partial charge in [0.15, 0.2) is 0 Å². The molecule has 0 atom stereocenters. The SMILES string of the molecule is Cc1ccc(OCc2c(F)cccc2Cl)c(CCN)c1. The van der Waals surface area contributed by atoms with E-state index in [1.165, 1.54) is 6.07 Å². The van der Waals surface area contributed by atoms with Crippen molar-refractivity contribution in [3.63, 3.8) is 0 Å². The van der Waals surface area contributed by atoms with Gasteiger partial charge in [0.05, 0.1) is 5.02 Å². The van der Waals surface area contributed by atoms with Gasteiger partial charge in [0.25, 0.3) is 0 Å². The van der Waals surface area contributed by atoms with Gasteiger partial charge in [0, 0.05) is 5.56 Å². The van der Waals surface area contributed by atoms with Crippen molar-refractivity contribution in [3.8, 4) is 5.75 Å². The molecule has 0 saturated carbocycles. The zero-order valence-electron chi connectivity index (χ0n) is 11.3. The van der Waals surface area contributed by atoms with Gasteiger partial charge >= 0.3 is 0 Å². The van der Waals surface area contributed by atoms with E-state index in [2.05, 4.69) is 0 Å². The molecule has 2 N–H and O–H groups in total. The monoisotopic (exact) mass is 293 g/mol. The smallest absolute Gasteiger partial charge is 0.131 e. The Kier molecular flexibility index (Phi) is 4.99.